The maximum absolute atomic E-state index is 11.5. The molecule has 40 heteroatoms. The first-order chi connectivity index (χ1) is 43.6. The summed E-state index contributed by atoms with van der Waals surface area (Å²) in [6.45, 7) is 7.82. The Bertz CT molecular complexity index is 3030. The van der Waals surface area contributed by atoms with E-state index >= 15 is 0 Å². The van der Waals surface area contributed by atoms with E-state index in [1.165, 1.54) is 77.2 Å². The van der Waals surface area contributed by atoms with Crippen LogP contribution in [-0.2, 0) is 71.3 Å². The molecule has 8 bridgehead atoms. The molecule has 4 saturated carbocycles. The number of carboxylic acids is 4. The fourth-order valence-electron chi connectivity index (χ4n) is 14.5. The van der Waals surface area contributed by atoms with E-state index < -0.39 is 140 Å². The SMILES string of the molecule is C/C=C\C(=O)O.COC1(OC)C(Cl)=C(Cl)C(Cl)=C1Cl.COC1(OC)C2(Cl)C(Cl)=C(Cl)C1(Cl)[C@@H](C(=O)O)[C@@H]2C.COC1(OC)C2(Cl)C(Cl)=C(Cl)C1(Cl)[C@@H](C(=O)O)[C@H]2C.COC1(OC)C2(Cl)C(Cl)=C(Cl)C1(Cl)[C@@H](C(=O)O)[C@H]2C.COC1(OC)C2(Cl)C(Cl)=C(Cl)C1(Cl)[C@H](OCO)[C@H]2C. The molecule has 9 aliphatic rings. The lowest BCUT2D eigenvalue weighted by atomic mass is 9.83. The monoisotopic (exact) mass is 1740 g/mol. The first-order valence-electron chi connectivity index (χ1n) is 26.7. The number of aliphatic carboxylic acids is 4. The molecular weight excluding hydrogens is 1690 g/mol. The van der Waals surface area contributed by atoms with Crippen LogP contribution in [-0.4, -0.2) is 201 Å². The number of ether oxygens (including phenoxy) is 11. The number of methoxy groups -OCH3 is 10. The highest BCUT2D eigenvalue weighted by Crippen LogP contribution is 2.77. The van der Waals surface area contributed by atoms with Gasteiger partial charge >= 0.3 is 23.9 Å². The summed E-state index contributed by atoms with van der Waals surface area (Å²) in [5.41, 5.74) is 0. The van der Waals surface area contributed by atoms with Crippen molar-refractivity contribution in [1.82, 2.24) is 0 Å². The van der Waals surface area contributed by atoms with Crippen molar-refractivity contribution in [2.45, 2.75) is 109 Å². The Balaban J connectivity index is 0.000000248. The third-order valence-electron chi connectivity index (χ3n) is 18.7. The van der Waals surface area contributed by atoms with Gasteiger partial charge in [-0.2, -0.15) is 0 Å². The number of hydrogen-bond donors (Lipinski definition) is 5. The fourth-order valence-corrected chi connectivity index (χ4v) is 24.4. The second-order valence-corrected chi connectivity index (χ2v) is 31.0. The highest BCUT2D eigenvalue weighted by atomic mass is 35.5. The van der Waals surface area contributed by atoms with Gasteiger partial charge in [-0.1, -0.05) is 173 Å². The highest BCUT2D eigenvalue weighted by molar-refractivity contribution is 6.56. The van der Waals surface area contributed by atoms with E-state index in [-0.39, 0.29) is 66.3 Å². The largest absolute Gasteiger partial charge is 0.481 e. The molecule has 8 unspecified atom stereocenters. The maximum Gasteiger partial charge on any atom is 0.327 e. The number of hydrogen-bond acceptors (Lipinski definition) is 16. The quantitative estimate of drug-likeness (QED) is 0.0546. The minimum atomic E-state index is -1.66. The van der Waals surface area contributed by atoms with Crippen molar-refractivity contribution in [3.8, 4) is 0 Å². The second-order valence-electron chi connectivity index (χ2n) is 21.7. The third kappa shape index (κ3) is 11.1. The first-order valence-corrected chi connectivity index (χ1v) is 34.3. The molecule has 0 aromatic carbocycles. The minimum Gasteiger partial charge on any atom is -0.481 e. The predicted octanol–water partition coefficient (Wildman–Crippen LogP) is 15.6. The summed E-state index contributed by atoms with van der Waals surface area (Å²) >= 11 is 125. The molecule has 0 aliphatic heterocycles. The van der Waals surface area contributed by atoms with Gasteiger partial charge in [0, 0.05) is 101 Å². The van der Waals surface area contributed by atoms with Gasteiger partial charge in [-0.15, -0.1) is 92.8 Å². The Kier molecular flexibility index (Phi) is 29.0. The van der Waals surface area contributed by atoms with Crippen molar-refractivity contribution in [2.24, 2.45) is 41.4 Å². The Morgan fingerprint density at radius 3 is 0.716 bits per heavy atom. The summed E-state index contributed by atoms with van der Waals surface area (Å²) in [4.78, 5) is 32.1. The number of halogens is 20. The summed E-state index contributed by atoms with van der Waals surface area (Å²) in [7, 11) is 13.6. The van der Waals surface area contributed by atoms with Crippen LogP contribution in [0.2, 0.25) is 0 Å². The average molecular weight is 1750 g/mol. The molecule has 0 aromatic rings. The summed E-state index contributed by atoms with van der Waals surface area (Å²) < 4.78 is 58.6. The van der Waals surface area contributed by atoms with E-state index in [0.29, 0.717) is 0 Å². The molecule has 9 rings (SSSR count). The van der Waals surface area contributed by atoms with Gasteiger partial charge in [0.25, 0.3) is 0 Å². The molecule has 4 fully saturated rings. The Labute approximate surface area is 647 Å². The second kappa shape index (κ2) is 31.1. The molecule has 0 aromatic heterocycles. The van der Waals surface area contributed by atoms with Crippen molar-refractivity contribution >= 4 is 256 Å². The molecule has 0 heterocycles. The lowest BCUT2D eigenvalue weighted by Crippen LogP contribution is -2.58. The maximum atomic E-state index is 11.5. The Morgan fingerprint density at radius 1 is 0.358 bits per heavy atom. The van der Waals surface area contributed by atoms with Crippen LogP contribution in [0.15, 0.2) is 72.5 Å². The number of aliphatic hydroxyl groups is 1. The average Bonchev–Trinajstić information content (AvgIpc) is 1.52. The van der Waals surface area contributed by atoms with E-state index in [2.05, 4.69) is 0 Å². The number of allylic oxidation sites excluding steroid dienone is 3. The van der Waals surface area contributed by atoms with Crippen LogP contribution in [0.25, 0.3) is 0 Å². The Hall–Kier alpha value is 1.38. The standard InChI is InChI=1S/C11H14Cl4O4.3C11H12Cl4O4.C7H6Cl4O2.C4H6O2/c1-5-8(19-4-16)10(15)7(13)6(12)9(5,14)11(10,17-2)18-3;3*1-4-5(8(16)17)10(15)7(13)6(12)9(4,14)11(10,18-2)19-3;1-12-7(13-2)5(10)3(8)4(9)6(7)11;1-2-3-4(5)6/h5,8,16H,4H2,1-3H3;3*4-5H,1-3H3,(H,16,17);1-2H3;2-3H,1H3,(H,5,6)/b;;;;;3-2-/t5-,8-,9?,10?;4-,5+,9?,10?;2*4-,5-,9?,10?;;/m1011../s1. The molecule has 0 amide bonds. The van der Waals surface area contributed by atoms with E-state index in [4.69, 9.17) is 294 Å². The highest BCUT2D eigenvalue weighted by Gasteiger charge is 2.89. The van der Waals surface area contributed by atoms with Crippen LogP contribution < -0.4 is 0 Å². The van der Waals surface area contributed by atoms with Gasteiger partial charge in [-0.05, 0) is 6.92 Å². The first kappa shape index (κ1) is 88.8. The van der Waals surface area contributed by atoms with Crippen LogP contribution in [0.1, 0.15) is 34.6 Å². The molecule has 5 N–H and O–H groups in total. The molecule has 0 saturated heterocycles. The molecule has 20 nitrogen and oxygen atoms in total. The van der Waals surface area contributed by atoms with Gasteiger partial charge < -0.3 is 77.6 Å². The predicted molar refractivity (Wildman–Crippen MR) is 369 cm³/mol. The third-order valence-corrected chi connectivity index (χ3v) is 31.5. The normalized spacial score (nSPS) is 38.8. The van der Waals surface area contributed by atoms with Gasteiger partial charge in [0.1, 0.15) is 36.4 Å². The van der Waals surface area contributed by atoms with Crippen molar-refractivity contribution in [1.29, 1.82) is 0 Å². The molecule has 542 valence electrons. The van der Waals surface area contributed by atoms with Crippen LogP contribution in [0.5, 0.6) is 0 Å². The van der Waals surface area contributed by atoms with E-state index in [0.717, 1.165) is 6.08 Å². The molecule has 0 radical (unpaired) electrons. The molecule has 16 atom stereocenters. The number of aliphatic hydroxyl groups excluding tert-OH is 1. The van der Waals surface area contributed by atoms with Gasteiger partial charge in [-0.25, -0.2) is 4.79 Å². The zero-order valence-corrected chi connectivity index (χ0v) is 67.0. The van der Waals surface area contributed by atoms with E-state index in [1.54, 1.807) is 34.6 Å². The van der Waals surface area contributed by atoms with E-state index in [1.807, 2.05) is 0 Å². The zero-order valence-electron chi connectivity index (χ0n) is 51.9. The van der Waals surface area contributed by atoms with Crippen LogP contribution in [0.4, 0.5) is 0 Å². The minimum absolute atomic E-state index is 0.0416. The Morgan fingerprint density at radius 2 is 0.568 bits per heavy atom. The molecule has 95 heavy (non-hydrogen) atoms. The van der Waals surface area contributed by atoms with Gasteiger partial charge in [0.2, 0.25) is 28.9 Å². The number of carboxylic acid groups (broad SMARTS) is 4. The number of rotatable bonds is 16. The fraction of sp³-hybridized carbons (Fsp3) is 0.673. The topological polar surface area (TPSA) is 271 Å². The molecular formula is C55H62Cl20O20. The van der Waals surface area contributed by atoms with Gasteiger partial charge in [0.05, 0.1) is 74.2 Å². The molecule has 0 spiro atoms. The van der Waals surface area contributed by atoms with Gasteiger partial charge in [-0.3, -0.25) is 14.4 Å². The van der Waals surface area contributed by atoms with Gasteiger partial charge in [0.15, 0.2) is 19.5 Å². The summed E-state index contributed by atoms with van der Waals surface area (Å²) in [6.07, 6.45) is 1.86. The summed E-state index contributed by atoms with van der Waals surface area (Å²) in [5, 5.41) is 46.1. The van der Waals surface area contributed by atoms with E-state index in [9.17, 15) is 34.5 Å². The van der Waals surface area contributed by atoms with Crippen molar-refractivity contribution < 1.29 is 96.8 Å². The lowest BCUT2D eigenvalue weighted by molar-refractivity contribution is -0.224. The lowest BCUT2D eigenvalue weighted by Gasteiger charge is -2.41. The number of carbonyl (C=O) groups is 4. The van der Waals surface area contributed by atoms with Crippen LogP contribution in [0, 0.1) is 41.4 Å². The smallest absolute Gasteiger partial charge is 0.327 e. The number of alkyl halides is 8. The van der Waals surface area contributed by atoms with Crippen molar-refractivity contribution in [3.05, 3.63) is 72.5 Å². The summed E-state index contributed by atoms with van der Waals surface area (Å²) in [5.74, 6) is -17.5. The van der Waals surface area contributed by atoms with Crippen molar-refractivity contribution in [3.63, 3.8) is 0 Å². The van der Waals surface area contributed by atoms with Crippen molar-refractivity contribution in [2.75, 3.05) is 77.9 Å². The number of fused-ring (bicyclic) bond motifs is 8. The molecule has 9 aliphatic carbocycles. The van der Waals surface area contributed by atoms with Crippen LogP contribution >= 0.6 is 232 Å². The summed E-state index contributed by atoms with van der Waals surface area (Å²) in [6, 6.07) is 0. The zero-order chi connectivity index (χ0) is 74.3. The van der Waals surface area contributed by atoms with Crippen LogP contribution in [0.3, 0.4) is 0 Å².